The zero-order chi connectivity index (χ0) is 32.9. The van der Waals surface area contributed by atoms with Crippen LogP contribution < -0.4 is 20.3 Å². The Kier molecular flexibility index (Phi) is 6.40. The predicted octanol–water partition coefficient (Wildman–Crippen LogP) is 5.07. The Bertz CT molecular complexity index is 1700. The van der Waals surface area contributed by atoms with E-state index in [4.69, 9.17) is 17.9 Å². The highest BCUT2D eigenvalue weighted by Crippen LogP contribution is 2.38. The second kappa shape index (κ2) is 12.3. The van der Waals surface area contributed by atoms with Crippen molar-refractivity contribution in [1.82, 2.24) is 19.4 Å². The summed E-state index contributed by atoms with van der Waals surface area (Å²) in [5.74, 6) is 0.218. The number of para-hydroxylation sites is 1. The molecule has 4 aromatic rings. The number of carbonyl (C=O) groups is 1. The number of nitrogens with zero attached hydrogens (tertiary/aromatic N) is 5. The van der Waals surface area contributed by atoms with E-state index in [1.807, 2.05) is 48.1 Å². The first kappa shape index (κ1) is 20.3. The van der Waals surface area contributed by atoms with Crippen LogP contribution in [-0.2, 0) is 11.8 Å². The molecule has 9 nitrogen and oxygen atoms in total. The first-order valence-electron chi connectivity index (χ1n) is 15.2. The van der Waals surface area contributed by atoms with Gasteiger partial charge in [-0.1, -0.05) is 36.9 Å². The molecule has 0 saturated heterocycles. The van der Waals surface area contributed by atoms with Crippen LogP contribution in [-0.4, -0.2) is 66.5 Å². The molecule has 0 aliphatic rings. The molecule has 2 aromatic carbocycles. The molecule has 0 saturated carbocycles. The minimum Gasteiger partial charge on any atom is -0.494 e. The Balaban J connectivity index is 1.70. The van der Waals surface area contributed by atoms with E-state index in [-0.39, 0.29) is 19.0 Å². The summed E-state index contributed by atoms with van der Waals surface area (Å²) in [6.07, 6.45) is 7.90. The van der Waals surface area contributed by atoms with Gasteiger partial charge < -0.3 is 29.7 Å². The third kappa shape index (κ3) is 6.45. The summed E-state index contributed by atoms with van der Waals surface area (Å²) in [5, 5.41) is 7.05. The van der Waals surface area contributed by atoms with Gasteiger partial charge in [0.15, 0.2) is 0 Å². The summed E-state index contributed by atoms with van der Waals surface area (Å²) in [6, 6.07) is 13.1. The van der Waals surface area contributed by atoms with Crippen LogP contribution in [0.25, 0.3) is 22.2 Å². The maximum absolute atomic E-state index is 12.7. The summed E-state index contributed by atoms with van der Waals surface area (Å²) < 4.78 is 53.7. The third-order valence-electron chi connectivity index (χ3n) is 6.10. The number of benzene rings is 2. The van der Waals surface area contributed by atoms with Crippen LogP contribution in [0.4, 0.5) is 23.0 Å². The Labute approximate surface area is 237 Å². The van der Waals surface area contributed by atoms with Gasteiger partial charge in [-0.25, -0.2) is 9.97 Å². The largest absolute Gasteiger partial charge is 0.494 e. The highest BCUT2D eigenvalue weighted by atomic mass is 16.5. The molecule has 0 spiro atoms. The SMILES string of the molecule is [2H]C([2H])([2H])N(CCN(C)c1cc(OC)c(Nc2nccc(-c3cn(C)c4ccccc34)n2)cc1NC(=O)/C=C/C=C)C([2H])([2H])[2H]. The van der Waals surface area contributed by atoms with Crippen LogP contribution >= 0.6 is 0 Å². The van der Waals surface area contributed by atoms with E-state index in [0.717, 1.165) is 16.5 Å². The fourth-order valence-electron chi connectivity index (χ4n) is 4.19. The van der Waals surface area contributed by atoms with Crippen LogP contribution in [0.2, 0.25) is 0 Å². The molecule has 39 heavy (non-hydrogen) atoms. The number of rotatable bonds is 11. The number of fused-ring (bicyclic) bond motifs is 1. The summed E-state index contributed by atoms with van der Waals surface area (Å²) in [4.78, 5) is 24.0. The molecule has 2 aromatic heterocycles. The summed E-state index contributed by atoms with van der Waals surface area (Å²) in [7, 11) is 5.11. The van der Waals surface area contributed by atoms with Crippen LogP contribution in [0.3, 0.4) is 0 Å². The number of amides is 1. The average Bonchev–Trinajstić information content (AvgIpc) is 3.31. The Morgan fingerprint density at radius 1 is 1.21 bits per heavy atom. The van der Waals surface area contributed by atoms with Gasteiger partial charge in [0.25, 0.3) is 0 Å². The van der Waals surface area contributed by atoms with Gasteiger partial charge in [0.2, 0.25) is 11.9 Å². The van der Waals surface area contributed by atoms with Crippen molar-refractivity contribution in [2.24, 2.45) is 7.05 Å². The Hall–Kier alpha value is -4.63. The van der Waals surface area contributed by atoms with Crippen molar-refractivity contribution in [3.8, 4) is 17.0 Å². The van der Waals surface area contributed by atoms with Gasteiger partial charge in [-0.05, 0) is 32.2 Å². The Morgan fingerprint density at radius 3 is 2.79 bits per heavy atom. The number of anilines is 4. The fraction of sp³-hybridized carbons (Fsp3) is 0.233. The molecule has 2 N–H and O–H groups in total. The lowest BCUT2D eigenvalue weighted by molar-refractivity contribution is -0.111. The standard InChI is InChI=1S/C30H35N7O2/c1-7-8-13-29(38)32-24-18-25(28(39-6)19-27(24)36(4)17-16-35(2)3)34-30-31-15-14-23(33-30)22-20-37(5)26-12-10-9-11-21(22)26/h7-15,18-20H,1,16-17H2,2-6H3,(H,32,38)(H,31,33,34)/b13-8+/i2D3,3D3. The second-order valence-electron chi connectivity index (χ2n) is 8.79. The smallest absolute Gasteiger partial charge is 0.248 e. The van der Waals surface area contributed by atoms with Gasteiger partial charge in [0.05, 0.1) is 29.9 Å². The number of ether oxygens (including phenoxy) is 1. The van der Waals surface area contributed by atoms with E-state index in [0.29, 0.717) is 33.4 Å². The molecule has 0 unspecified atom stereocenters. The number of hydrogen-bond donors (Lipinski definition) is 2. The third-order valence-corrected chi connectivity index (χ3v) is 6.10. The molecule has 0 aliphatic carbocycles. The van der Waals surface area contributed by atoms with Gasteiger partial charge in [-0.15, -0.1) is 0 Å². The lowest BCUT2D eigenvalue weighted by Gasteiger charge is -2.26. The van der Waals surface area contributed by atoms with Crippen molar-refractivity contribution in [3.05, 3.63) is 79.7 Å². The van der Waals surface area contributed by atoms with Crippen molar-refractivity contribution in [2.75, 3.05) is 56.7 Å². The van der Waals surface area contributed by atoms with Crippen LogP contribution in [0.1, 0.15) is 8.22 Å². The summed E-state index contributed by atoms with van der Waals surface area (Å²) >= 11 is 0. The normalized spacial score (nSPS) is 14.2. The molecule has 2 heterocycles. The molecule has 0 fully saturated rings. The van der Waals surface area contributed by atoms with E-state index in [9.17, 15) is 4.79 Å². The highest BCUT2D eigenvalue weighted by Gasteiger charge is 2.17. The quantitative estimate of drug-likeness (QED) is 0.206. The van der Waals surface area contributed by atoms with E-state index in [1.165, 1.54) is 25.3 Å². The van der Waals surface area contributed by atoms with Gasteiger partial charge in [-0.3, -0.25) is 4.79 Å². The number of nitrogens with one attached hydrogen (secondary N) is 2. The maximum Gasteiger partial charge on any atom is 0.248 e. The van der Waals surface area contributed by atoms with E-state index in [1.54, 1.807) is 30.3 Å². The van der Waals surface area contributed by atoms with Gasteiger partial charge in [0.1, 0.15) is 5.75 Å². The molecule has 0 bridgehead atoms. The molecule has 0 aliphatic heterocycles. The number of carbonyl (C=O) groups excluding carboxylic acids is 1. The Morgan fingerprint density at radius 2 is 2.03 bits per heavy atom. The summed E-state index contributed by atoms with van der Waals surface area (Å²) in [6.45, 7) is -2.37. The minimum absolute atomic E-state index is 0.00820. The predicted molar refractivity (Wildman–Crippen MR) is 160 cm³/mol. The second-order valence-corrected chi connectivity index (χ2v) is 8.79. The summed E-state index contributed by atoms with van der Waals surface area (Å²) in [5.41, 5.74) is 3.95. The molecule has 202 valence electrons. The molecule has 0 radical (unpaired) electrons. The number of hydrogen-bond acceptors (Lipinski definition) is 7. The average molecular weight is 532 g/mol. The lowest BCUT2D eigenvalue weighted by Crippen LogP contribution is -2.29. The van der Waals surface area contributed by atoms with Crippen molar-refractivity contribution in [1.29, 1.82) is 0 Å². The van der Waals surface area contributed by atoms with E-state index >= 15 is 0 Å². The topological polar surface area (TPSA) is 87.6 Å². The van der Waals surface area contributed by atoms with Crippen molar-refractivity contribution in [3.63, 3.8) is 0 Å². The number of methoxy groups -OCH3 is 1. The van der Waals surface area contributed by atoms with Gasteiger partial charge in [0, 0.05) is 76.4 Å². The van der Waals surface area contributed by atoms with Crippen LogP contribution in [0.5, 0.6) is 5.75 Å². The van der Waals surface area contributed by atoms with E-state index < -0.39 is 19.9 Å². The molecule has 9 heteroatoms. The first-order valence-corrected chi connectivity index (χ1v) is 12.2. The van der Waals surface area contributed by atoms with Crippen LogP contribution in [0, 0.1) is 0 Å². The number of aromatic nitrogens is 3. The number of likely N-dealkylation sites (N-methyl/N-ethyl adjacent to an activating group) is 2. The zero-order valence-electron chi connectivity index (χ0n) is 28.1. The minimum atomic E-state index is -2.83. The van der Waals surface area contributed by atoms with Crippen molar-refractivity contribution < 1.29 is 17.8 Å². The fourth-order valence-corrected chi connectivity index (χ4v) is 4.19. The molecule has 0 atom stereocenters. The zero-order valence-corrected chi connectivity index (χ0v) is 22.1. The molecular formula is C30H35N7O2. The van der Waals surface area contributed by atoms with Crippen molar-refractivity contribution in [2.45, 2.75) is 0 Å². The van der Waals surface area contributed by atoms with Crippen molar-refractivity contribution >= 4 is 39.8 Å². The first-order chi connectivity index (χ1) is 21.2. The number of aryl methyl sites for hydroxylation is 1. The molecule has 4 rings (SSSR count). The molecule has 1 amide bonds. The monoisotopic (exact) mass is 531 g/mol. The van der Waals surface area contributed by atoms with Crippen LogP contribution in [0.15, 0.2) is 79.7 Å². The molecular weight excluding hydrogens is 490 g/mol. The lowest BCUT2D eigenvalue weighted by atomic mass is 10.1. The highest BCUT2D eigenvalue weighted by molar-refractivity contribution is 6.02. The number of allylic oxidation sites excluding steroid dienone is 2. The maximum atomic E-state index is 12.7. The van der Waals surface area contributed by atoms with Gasteiger partial charge in [-0.2, -0.15) is 0 Å². The van der Waals surface area contributed by atoms with E-state index in [2.05, 4.69) is 22.2 Å². The van der Waals surface area contributed by atoms with Gasteiger partial charge >= 0.3 is 0 Å².